The summed E-state index contributed by atoms with van der Waals surface area (Å²) in [6.07, 6.45) is 5.49. The first kappa shape index (κ1) is 27.9. The molecule has 2 unspecified atom stereocenters. The van der Waals surface area contributed by atoms with Gasteiger partial charge in [-0.15, -0.1) is 0 Å². The van der Waals surface area contributed by atoms with Crippen LogP contribution < -0.4 is 0 Å². The molecule has 0 spiro atoms. The third-order valence-electron chi connectivity index (χ3n) is 8.31. The second-order valence-electron chi connectivity index (χ2n) is 12.2. The van der Waals surface area contributed by atoms with Crippen LogP contribution in [0.5, 0.6) is 0 Å². The first-order valence-corrected chi connectivity index (χ1v) is 17.6. The van der Waals surface area contributed by atoms with Crippen molar-refractivity contribution in [3.05, 3.63) is 107 Å². The van der Waals surface area contributed by atoms with Gasteiger partial charge in [0, 0.05) is 23.6 Å². The second kappa shape index (κ2) is 11.4. The minimum atomic E-state index is -1.98. The highest BCUT2D eigenvalue weighted by Gasteiger charge is 2.54. The molecule has 3 nitrogen and oxygen atoms in total. The molecule has 2 saturated heterocycles. The van der Waals surface area contributed by atoms with E-state index < -0.39 is 13.9 Å². The normalized spacial score (nSPS) is 23.3. The molecule has 3 aromatic carbocycles. The van der Waals surface area contributed by atoms with Gasteiger partial charge in [0.05, 0.1) is 0 Å². The van der Waals surface area contributed by atoms with Crippen molar-refractivity contribution >= 4 is 14.1 Å². The van der Waals surface area contributed by atoms with Gasteiger partial charge in [-0.2, -0.15) is 0 Å². The lowest BCUT2D eigenvalue weighted by molar-refractivity contribution is -0.0220. The van der Waals surface area contributed by atoms with Crippen LogP contribution in [-0.2, 0) is 4.43 Å². The van der Waals surface area contributed by atoms with Gasteiger partial charge in [-0.3, -0.25) is 9.69 Å². The lowest BCUT2D eigenvalue weighted by Gasteiger charge is -2.48. The summed E-state index contributed by atoms with van der Waals surface area (Å²) in [5.41, 5.74) is 2.07. The maximum absolute atomic E-state index is 13.9. The number of Topliss-reactive ketones (excluding diaryl/α,β-unsaturated/α-hetero) is 1. The molecule has 206 valence electrons. The lowest BCUT2D eigenvalue weighted by atomic mass is 9.80. The quantitative estimate of drug-likeness (QED) is 0.190. The fourth-order valence-electron chi connectivity index (χ4n) is 6.81. The zero-order chi connectivity index (χ0) is 27.6. The molecule has 2 atom stereocenters. The molecule has 6 heteroatoms. The van der Waals surface area contributed by atoms with Crippen LogP contribution in [0, 0.1) is 11.6 Å². The van der Waals surface area contributed by atoms with Gasteiger partial charge in [0.2, 0.25) is 0 Å². The Morgan fingerprint density at radius 3 is 1.87 bits per heavy atom. The number of carbonyl (C=O) groups is 1. The number of benzene rings is 3. The molecular formula is C33H39F2NO2Si. The summed E-state index contributed by atoms with van der Waals surface area (Å²) in [5, 5.41) is 0. The first-order valence-electron chi connectivity index (χ1n) is 14.2. The summed E-state index contributed by atoms with van der Waals surface area (Å²) in [6, 6.07) is 23.6. The molecule has 2 fully saturated rings. The number of hydrogen-bond donors (Lipinski definition) is 0. The van der Waals surface area contributed by atoms with Crippen LogP contribution in [0.25, 0.3) is 0 Å². The van der Waals surface area contributed by atoms with Crippen molar-refractivity contribution in [1.82, 2.24) is 4.90 Å². The van der Waals surface area contributed by atoms with Crippen molar-refractivity contribution in [3.8, 4) is 0 Å². The minimum Gasteiger partial charge on any atom is -0.405 e. The van der Waals surface area contributed by atoms with E-state index in [2.05, 4.69) is 24.5 Å². The molecule has 39 heavy (non-hydrogen) atoms. The number of piperidine rings is 1. The SMILES string of the molecule is C[Si](C)(C)OC1(C(=O)c2ccccc2)CC2CCC(C1)N2CCCC(c1ccc(F)cc1)c1ccc(F)cc1. The number of carbonyl (C=O) groups excluding carboxylic acids is 1. The van der Waals surface area contributed by atoms with E-state index in [4.69, 9.17) is 4.43 Å². The van der Waals surface area contributed by atoms with E-state index in [1.807, 2.05) is 54.6 Å². The minimum absolute atomic E-state index is 0.0719. The number of halogens is 2. The van der Waals surface area contributed by atoms with Crippen molar-refractivity contribution in [2.24, 2.45) is 0 Å². The van der Waals surface area contributed by atoms with Gasteiger partial charge in [0.1, 0.15) is 17.2 Å². The van der Waals surface area contributed by atoms with Gasteiger partial charge in [-0.1, -0.05) is 54.6 Å². The Labute approximate surface area is 232 Å². The largest absolute Gasteiger partial charge is 0.405 e. The fraction of sp³-hybridized carbons (Fsp3) is 0.424. The summed E-state index contributed by atoms with van der Waals surface area (Å²) in [7, 11) is -1.98. The van der Waals surface area contributed by atoms with Crippen LogP contribution in [-0.4, -0.2) is 43.2 Å². The van der Waals surface area contributed by atoms with Gasteiger partial charge in [-0.25, -0.2) is 8.78 Å². The molecule has 0 aliphatic carbocycles. The highest BCUT2D eigenvalue weighted by Crippen LogP contribution is 2.45. The van der Waals surface area contributed by atoms with Crippen LogP contribution in [0.15, 0.2) is 78.9 Å². The third-order valence-corrected chi connectivity index (χ3v) is 9.31. The first-order chi connectivity index (χ1) is 18.6. The Balaban J connectivity index is 1.31. The molecule has 2 aliphatic heterocycles. The highest BCUT2D eigenvalue weighted by molar-refractivity contribution is 6.70. The molecule has 0 N–H and O–H groups in total. The zero-order valence-electron chi connectivity index (χ0n) is 23.2. The van der Waals surface area contributed by atoms with Crippen LogP contribution in [0.2, 0.25) is 19.6 Å². The Hall–Kier alpha value is -2.67. The molecule has 2 bridgehead atoms. The van der Waals surface area contributed by atoms with E-state index in [-0.39, 0.29) is 23.3 Å². The lowest BCUT2D eigenvalue weighted by Crippen LogP contribution is -2.59. The Kier molecular flexibility index (Phi) is 8.18. The summed E-state index contributed by atoms with van der Waals surface area (Å²) in [5.74, 6) is -0.302. The monoisotopic (exact) mass is 547 g/mol. The number of hydrogen-bond acceptors (Lipinski definition) is 3. The van der Waals surface area contributed by atoms with Crippen molar-refractivity contribution in [1.29, 1.82) is 0 Å². The summed E-state index contributed by atoms with van der Waals surface area (Å²) >= 11 is 0. The van der Waals surface area contributed by atoms with Crippen LogP contribution in [0.3, 0.4) is 0 Å². The van der Waals surface area contributed by atoms with Crippen LogP contribution >= 0.6 is 0 Å². The van der Waals surface area contributed by atoms with Crippen molar-refractivity contribution < 1.29 is 18.0 Å². The predicted molar refractivity (Wildman–Crippen MR) is 155 cm³/mol. The van der Waals surface area contributed by atoms with Gasteiger partial charge < -0.3 is 4.43 Å². The second-order valence-corrected chi connectivity index (χ2v) is 16.7. The number of nitrogens with zero attached hydrogens (tertiary/aromatic N) is 1. The van der Waals surface area contributed by atoms with E-state index in [1.54, 1.807) is 0 Å². The molecule has 0 saturated carbocycles. The average molecular weight is 548 g/mol. The molecule has 5 rings (SSSR count). The Bertz CT molecular complexity index is 1200. The smallest absolute Gasteiger partial charge is 0.193 e. The molecule has 0 aromatic heterocycles. The van der Waals surface area contributed by atoms with E-state index >= 15 is 0 Å². The summed E-state index contributed by atoms with van der Waals surface area (Å²) in [6.45, 7) is 7.46. The van der Waals surface area contributed by atoms with Gasteiger partial charge in [0.15, 0.2) is 14.1 Å². The van der Waals surface area contributed by atoms with Crippen molar-refractivity contribution in [3.63, 3.8) is 0 Å². The van der Waals surface area contributed by atoms with Crippen LogP contribution in [0.1, 0.15) is 65.9 Å². The van der Waals surface area contributed by atoms with Gasteiger partial charge >= 0.3 is 0 Å². The molecule has 2 aliphatic rings. The van der Waals surface area contributed by atoms with E-state index in [0.717, 1.165) is 61.8 Å². The van der Waals surface area contributed by atoms with Crippen LogP contribution in [0.4, 0.5) is 8.78 Å². The molecule has 0 radical (unpaired) electrons. The van der Waals surface area contributed by atoms with E-state index in [1.165, 1.54) is 24.3 Å². The standard InChI is InChI=1S/C33H39F2NO2Si/c1-39(2,3)38-33(32(37)26-8-5-4-6-9-26)22-29-19-20-30(23-33)36(29)21-7-10-31(24-11-15-27(34)16-12-24)25-13-17-28(35)18-14-25/h4-6,8-9,11-18,29-31H,7,10,19-23H2,1-3H3. The summed E-state index contributed by atoms with van der Waals surface area (Å²) < 4.78 is 34.1. The van der Waals surface area contributed by atoms with E-state index in [0.29, 0.717) is 12.1 Å². The van der Waals surface area contributed by atoms with Crippen molar-refractivity contribution in [2.45, 2.75) is 81.8 Å². The Morgan fingerprint density at radius 2 is 1.38 bits per heavy atom. The van der Waals surface area contributed by atoms with Gasteiger partial charge in [-0.05, 0) is 100 Å². The van der Waals surface area contributed by atoms with Gasteiger partial charge in [0.25, 0.3) is 0 Å². The number of ketones is 1. The maximum Gasteiger partial charge on any atom is 0.193 e. The van der Waals surface area contributed by atoms with Crippen molar-refractivity contribution in [2.75, 3.05) is 6.54 Å². The topological polar surface area (TPSA) is 29.5 Å². The third kappa shape index (κ3) is 6.40. The number of rotatable bonds is 10. The molecule has 0 amide bonds. The predicted octanol–water partition coefficient (Wildman–Crippen LogP) is 7.98. The molecule has 3 aromatic rings. The molecular weight excluding hydrogens is 508 g/mol. The van der Waals surface area contributed by atoms with E-state index in [9.17, 15) is 13.6 Å². The average Bonchev–Trinajstić information content (AvgIpc) is 3.15. The highest BCUT2D eigenvalue weighted by atomic mass is 28.4. The zero-order valence-corrected chi connectivity index (χ0v) is 24.2. The fourth-order valence-corrected chi connectivity index (χ4v) is 8.24. The molecule has 2 heterocycles. The number of fused-ring (bicyclic) bond motifs is 2. The maximum atomic E-state index is 13.9. The summed E-state index contributed by atoms with van der Waals surface area (Å²) in [4.78, 5) is 16.5. The Morgan fingerprint density at radius 1 is 0.872 bits per heavy atom.